The molecule has 0 amide bonds. The molecular weight excluding hydrogens is 314 g/mol. The minimum Gasteiger partial charge on any atom is -0.348 e. The Kier molecular flexibility index (Phi) is 3.00. The van der Waals surface area contributed by atoms with Gasteiger partial charge in [-0.05, 0) is 35.0 Å². The summed E-state index contributed by atoms with van der Waals surface area (Å²) in [5, 5.41) is 7.56. The number of fused-ring (bicyclic) bond motifs is 1. The first-order chi connectivity index (χ1) is 8.74. The summed E-state index contributed by atoms with van der Waals surface area (Å²) in [5.41, 5.74) is 3.71. The molecule has 0 radical (unpaired) electrons. The van der Waals surface area contributed by atoms with Gasteiger partial charge in [-0.25, -0.2) is 9.50 Å². The number of hydrogen-bond acceptors (Lipinski definition) is 5. The lowest BCUT2D eigenvalue weighted by atomic mass is 10.4. The third kappa shape index (κ3) is 2.11. The third-order valence-corrected chi connectivity index (χ3v) is 4.12. The maximum absolute atomic E-state index is 4.42. The van der Waals surface area contributed by atoms with E-state index < -0.39 is 0 Å². The first kappa shape index (κ1) is 11.6. The molecule has 18 heavy (non-hydrogen) atoms. The van der Waals surface area contributed by atoms with Crippen molar-refractivity contribution in [2.24, 2.45) is 0 Å². The molecule has 92 valence electrons. The second-order valence-corrected chi connectivity index (χ2v) is 5.57. The van der Waals surface area contributed by atoms with Crippen LogP contribution in [0, 0.1) is 6.92 Å². The number of nitrogens with one attached hydrogen (secondary N) is 1. The van der Waals surface area contributed by atoms with Crippen molar-refractivity contribution in [1.29, 1.82) is 0 Å². The van der Waals surface area contributed by atoms with Crippen LogP contribution in [0.4, 0.5) is 5.95 Å². The summed E-state index contributed by atoms with van der Waals surface area (Å²) in [6.45, 7) is 2.70. The van der Waals surface area contributed by atoms with Crippen LogP contribution in [0.2, 0.25) is 0 Å². The van der Waals surface area contributed by atoms with Crippen molar-refractivity contribution in [3.8, 4) is 0 Å². The first-order valence-corrected chi connectivity index (χ1v) is 7.05. The van der Waals surface area contributed by atoms with Gasteiger partial charge in [-0.15, -0.1) is 16.4 Å². The molecule has 7 heteroatoms. The molecule has 3 aromatic rings. The maximum Gasteiger partial charge on any atom is 0.243 e. The molecule has 0 saturated heterocycles. The predicted molar refractivity (Wildman–Crippen MR) is 74.9 cm³/mol. The van der Waals surface area contributed by atoms with Gasteiger partial charge >= 0.3 is 0 Å². The van der Waals surface area contributed by atoms with Gasteiger partial charge in [-0.1, -0.05) is 0 Å². The summed E-state index contributed by atoms with van der Waals surface area (Å²) in [4.78, 5) is 9.83. The van der Waals surface area contributed by atoms with E-state index in [1.54, 1.807) is 15.9 Å². The lowest BCUT2D eigenvalue weighted by Crippen LogP contribution is -2.00. The molecule has 0 spiro atoms. The Morgan fingerprint density at radius 2 is 2.39 bits per heavy atom. The van der Waals surface area contributed by atoms with Gasteiger partial charge in [0.25, 0.3) is 0 Å². The highest BCUT2D eigenvalue weighted by atomic mass is 79.9. The molecule has 0 aliphatic rings. The van der Waals surface area contributed by atoms with Crippen molar-refractivity contribution in [3.05, 3.63) is 38.9 Å². The van der Waals surface area contributed by atoms with Crippen LogP contribution in [0.1, 0.15) is 10.6 Å². The van der Waals surface area contributed by atoms with E-state index in [-0.39, 0.29) is 0 Å². The number of halogens is 1. The topological polar surface area (TPSA) is 55.1 Å². The number of aromatic nitrogens is 4. The first-order valence-electron chi connectivity index (χ1n) is 5.38. The number of hydrogen-bond donors (Lipinski definition) is 1. The summed E-state index contributed by atoms with van der Waals surface area (Å²) in [6.07, 6.45) is 1.87. The van der Waals surface area contributed by atoms with Gasteiger partial charge in [0.1, 0.15) is 0 Å². The largest absolute Gasteiger partial charge is 0.348 e. The molecule has 0 aliphatic heterocycles. The number of rotatable bonds is 3. The number of pyridine rings is 1. The average Bonchev–Trinajstić information content (AvgIpc) is 2.93. The molecule has 0 aliphatic carbocycles. The Bertz CT molecular complexity index is 690. The number of nitrogens with zero attached hydrogens (tertiary/aromatic N) is 4. The fourth-order valence-corrected chi connectivity index (χ4v) is 2.74. The predicted octanol–water partition coefficient (Wildman–Crippen LogP) is 2.87. The van der Waals surface area contributed by atoms with E-state index in [9.17, 15) is 0 Å². The second-order valence-electron chi connectivity index (χ2n) is 3.77. The quantitative estimate of drug-likeness (QED) is 0.805. The van der Waals surface area contributed by atoms with E-state index >= 15 is 0 Å². The van der Waals surface area contributed by atoms with Gasteiger partial charge < -0.3 is 5.32 Å². The fraction of sp³-hybridized carbons (Fsp3) is 0.182. The molecule has 0 atom stereocenters. The summed E-state index contributed by atoms with van der Waals surface area (Å²) >= 11 is 5.09. The van der Waals surface area contributed by atoms with Gasteiger partial charge in [0.2, 0.25) is 5.95 Å². The average molecular weight is 324 g/mol. The van der Waals surface area contributed by atoms with Crippen LogP contribution in [0.3, 0.4) is 0 Å². The smallest absolute Gasteiger partial charge is 0.243 e. The molecule has 0 saturated carbocycles. The van der Waals surface area contributed by atoms with Crippen molar-refractivity contribution in [2.75, 3.05) is 5.32 Å². The van der Waals surface area contributed by atoms with Crippen LogP contribution in [0.15, 0.2) is 28.3 Å². The normalized spacial score (nSPS) is 11.0. The Labute approximate surface area is 116 Å². The highest BCUT2D eigenvalue weighted by Gasteiger charge is 2.07. The van der Waals surface area contributed by atoms with E-state index in [1.165, 1.54) is 4.88 Å². The van der Waals surface area contributed by atoms with E-state index in [2.05, 4.69) is 36.3 Å². The molecule has 0 bridgehead atoms. The van der Waals surface area contributed by atoms with Crippen LogP contribution >= 0.6 is 27.3 Å². The summed E-state index contributed by atoms with van der Waals surface area (Å²) in [5.74, 6) is 0.620. The number of anilines is 1. The number of aryl methyl sites for hydroxylation is 1. The fourth-order valence-electron chi connectivity index (χ4n) is 1.60. The van der Waals surface area contributed by atoms with Gasteiger partial charge in [0.15, 0.2) is 5.65 Å². The van der Waals surface area contributed by atoms with E-state index in [1.807, 2.05) is 30.8 Å². The lowest BCUT2D eigenvalue weighted by Gasteiger charge is -1.98. The van der Waals surface area contributed by atoms with Gasteiger partial charge in [0.05, 0.1) is 22.2 Å². The van der Waals surface area contributed by atoms with Gasteiger partial charge in [-0.3, -0.25) is 0 Å². The molecule has 5 nitrogen and oxygen atoms in total. The minimum absolute atomic E-state index is 0.620. The highest BCUT2D eigenvalue weighted by molar-refractivity contribution is 9.10. The molecule has 0 aromatic carbocycles. The zero-order chi connectivity index (χ0) is 12.5. The molecule has 0 unspecified atom stereocenters. The second kappa shape index (κ2) is 4.66. The van der Waals surface area contributed by atoms with Gasteiger partial charge in [0, 0.05) is 11.1 Å². The van der Waals surface area contributed by atoms with E-state index in [0.29, 0.717) is 12.5 Å². The Balaban J connectivity index is 1.83. The maximum atomic E-state index is 4.42. The van der Waals surface area contributed by atoms with Crippen molar-refractivity contribution < 1.29 is 0 Å². The molecule has 3 heterocycles. The molecule has 0 fully saturated rings. The van der Waals surface area contributed by atoms with Crippen molar-refractivity contribution in [2.45, 2.75) is 13.5 Å². The summed E-state index contributed by atoms with van der Waals surface area (Å²) < 4.78 is 2.67. The zero-order valence-corrected chi connectivity index (χ0v) is 12.0. The van der Waals surface area contributed by atoms with Crippen LogP contribution in [0.5, 0.6) is 0 Å². The van der Waals surface area contributed by atoms with Crippen LogP contribution in [-0.4, -0.2) is 19.6 Å². The number of thiazole rings is 1. The Morgan fingerprint density at radius 1 is 1.50 bits per heavy atom. The Hall–Kier alpha value is -1.47. The standard InChI is InChI=1S/C11H10BrN5S/c1-7-9(18-6-14-7)5-13-11-15-10-8(12)3-2-4-17(10)16-11/h2-4,6H,5H2,1H3,(H,13,16). The van der Waals surface area contributed by atoms with E-state index in [0.717, 1.165) is 15.8 Å². The molecular formula is C11H10BrN5S. The highest BCUT2D eigenvalue weighted by Crippen LogP contribution is 2.18. The monoisotopic (exact) mass is 323 g/mol. The van der Waals surface area contributed by atoms with E-state index in [4.69, 9.17) is 0 Å². The van der Waals surface area contributed by atoms with Crippen LogP contribution < -0.4 is 5.32 Å². The summed E-state index contributed by atoms with van der Waals surface area (Å²) in [6, 6.07) is 3.87. The lowest BCUT2D eigenvalue weighted by molar-refractivity contribution is 0.948. The summed E-state index contributed by atoms with van der Waals surface area (Å²) in [7, 11) is 0. The van der Waals surface area contributed by atoms with Crippen molar-refractivity contribution >= 4 is 38.9 Å². The van der Waals surface area contributed by atoms with Crippen molar-refractivity contribution in [1.82, 2.24) is 19.6 Å². The van der Waals surface area contributed by atoms with Crippen LogP contribution in [0.25, 0.3) is 5.65 Å². The zero-order valence-electron chi connectivity index (χ0n) is 9.59. The van der Waals surface area contributed by atoms with Crippen molar-refractivity contribution in [3.63, 3.8) is 0 Å². The molecule has 3 aromatic heterocycles. The third-order valence-electron chi connectivity index (χ3n) is 2.57. The van der Waals surface area contributed by atoms with Gasteiger partial charge in [-0.2, -0.15) is 4.98 Å². The molecule has 1 N–H and O–H groups in total. The van der Waals surface area contributed by atoms with Crippen LogP contribution in [-0.2, 0) is 6.54 Å². The minimum atomic E-state index is 0.620. The SMILES string of the molecule is Cc1ncsc1CNc1nc2c(Br)cccn2n1. The molecule has 3 rings (SSSR count). The Morgan fingerprint density at radius 3 is 3.11 bits per heavy atom.